The van der Waals surface area contributed by atoms with E-state index >= 15 is 0 Å². The summed E-state index contributed by atoms with van der Waals surface area (Å²) >= 11 is 1.44. The SMILES string of the molecule is Cc1cscc1C(=O)Nc1cccc(S(N)(=O)=O)c1. The first-order chi connectivity index (χ1) is 8.88. The molecule has 0 aliphatic heterocycles. The van der Waals surface area contributed by atoms with Gasteiger partial charge in [0.05, 0.1) is 10.5 Å². The third-order valence-corrected chi connectivity index (χ3v) is 4.29. The van der Waals surface area contributed by atoms with E-state index in [2.05, 4.69) is 5.32 Å². The normalized spacial score (nSPS) is 11.3. The molecule has 0 atom stereocenters. The van der Waals surface area contributed by atoms with Gasteiger partial charge in [0.1, 0.15) is 0 Å². The summed E-state index contributed by atoms with van der Waals surface area (Å²) in [5.41, 5.74) is 1.85. The summed E-state index contributed by atoms with van der Waals surface area (Å²) < 4.78 is 22.4. The minimum absolute atomic E-state index is 0.0349. The third-order valence-electron chi connectivity index (χ3n) is 2.52. The molecule has 0 aliphatic carbocycles. The molecule has 5 nitrogen and oxygen atoms in total. The molecular formula is C12H12N2O3S2. The van der Waals surface area contributed by atoms with E-state index in [1.165, 1.54) is 29.5 Å². The number of hydrogen-bond donors (Lipinski definition) is 2. The van der Waals surface area contributed by atoms with Gasteiger partial charge in [-0.25, -0.2) is 13.6 Å². The zero-order chi connectivity index (χ0) is 14.0. The Morgan fingerprint density at radius 1 is 1.32 bits per heavy atom. The number of rotatable bonds is 3. The Kier molecular flexibility index (Phi) is 3.70. The summed E-state index contributed by atoms with van der Waals surface area (Å²) in [5, 5.41) is 11.3. The number of hydrogen-bond acceptors (Lipinski definition) is 4. The number of amides is 1. The summed E-state index contributed by atoms with van der Waals surface area (Å²) in [6.07, 6.45) is 0. The number of carbonyl (C=O) groups is 1. The lowest BCUT2D eigenvalue weighted by atomic mass is 10.2. The molecule has 1 aromatic heterocycles. The van der Waals surface area contributed by atoms with Gasteiger partial charge in [-0.2, -0.15) is 11.3 Å². The van der Waals surface area contributed by atoms with Gasteiger partial charge >= 0.3 is 0 Å². The van der Waals surface area contributed by atoms with Gasteiger partial charge in [-0.3, -0.25) is 4.79 Å². The first-order valence-corrected chi connectivity index (χ1v) is 7.84. The summed E-state index contributed by atoms with van der Waals surface area (Å²) in [4.78, 5) is 11.9. The number of anilines is 1. The Morgan fingerprint density at radius 3 is 2.63 bits per heavy atom. The molecule has 100 valence electrons. The van der Waals surface area contributed by atoms with Gasteiger partial charge < -0.3 is 5.32 Å². The molecule has 0 bridgehead atoms. The molecule has 0 aliphatic rings. The van der Waals surface area contributed by atoms with Crippen molar-refractivity contribution in [2.75, 3.05) is 5.32 Å². The lowest BCUT2D eigenvalue weighted by Gasteiger charge is -2.06. The van der Waals surface area contributed by atoms with E-state index in [1.54, 1.807) is 11.4 Å². The van der Waals surface area contributed by atoms with E-state index in [-0.39, 0.29) is 10.8 Å². The molecule has 0 unspecified atom stereocenters. The molecule has 0 saturated heterocycles. The zero-order valence-electron chi connectivity index (χ0n) is 10.1. The van der Waals surface area contributed by atoms with Crippen molar-refractivity contribution in [3.63, 3.8) is 0 Å². The minimum atomic E-state index is -3.77. The zero-order valence-corrected chi connectivity index (χ0v) is 11.7. The first-order valence-electron chi connectivity index (χ1n) is 5.35. The number of sulfonamides is 1. The van der Waals surface area contributed by atoms with Crippen LogP contribution in [0.1, 0.15) is 15.9 Å². The minimum Gasteiger partial charge on any atom is -0.322 e. The van der Waals surface area contributed by atoms with Gasteiger partial charge in [0.25, 0.3) is 5.91 Å². The van der Waals surface area contributed by atoms with Crippen LogP contribution in [0.2, 0.25) is 0 Å². The molecule has 19 heavy (non-hydrogen) atoms. The maximum absolute atomic E-state index is 12.0. The van der Waals surface area contributed by atoms with Crippen LogP contribution in [0.4, 0.5) is 5.69 Å². The van der Waals surface area contributed by atoms with Crippen LogP contribution in [0.3, 0.4) is 0 Å². The molecule has 0 spiro atoms. The maximum Gasteiger partial charge on any atom is 0.256 e. The summed E-state index contributed by atoms with van der Waals surface area (Å²) in [6.45, 7) is 1.84. The number of nitrogens with one attached hydrogen (secondary N) is 1. The highest BCUT2D eigenvalue weighted by molar-refractivity contribution is 7.89. The summed E-state index contributed by atoms with van der Waals surface area (Å²) in [7, 11) is -3.77. The van der Waals surface area contributed by atoms with Crippen LogP contribution in [-0.2, 0) is 10.0 Å². The van der Waals surface area contributed by atoms with Crippen molar-refractivity contribution in [3.8, 4) is 0 Å². The molecule has 0 radical (unpaired) electrons. The van der Waals surface area contributed by atoms with Crippen molar-refractivity contribution in [2.24, 2.45) is 5.14 Å². The maximum atomic E-state index is 12.0. The second kappa shape index (κ2) is 5.12. The highest BCUT2D eigenvalue weighted by atomic mass is 32.2. The average Bonchev–Trinajstić information content (AvgIpc) is 2.75. The van der Waals surface area contributed by atoms with E-state index in [0.29, 0.717) is 11.3 Å². The number of primary sulfonamides is 1. The Bertz CT molecular complexity index is 720. The number of carbonyl (C=O) groups excluding carboxylic acids is 1. The second-order valence-corrected chi connectivity index (χ2v) is 6.30. The number of benzene rings is 1. The Balaban J connectivity index is 2.25. The van der Waals surface area contributed by atoms with E-state index in [1.807, 2.05) is 12.3 Å². The van der Waals surface area contributed by atoms with Crippen LogP contribution in [0.5, 0.6) is 0 Å². The van der Waals surface area contributed by atoms with Crippen molar-refractivity contribution in [3.05, 3.63) is 46.2 Å². The molecule has 1 amide bonds. The van der Waals surface area contributed by atoms with Crippen molar-refractivity contribution in [1.82, 2.24) is 0 Å². The summed E-state index contributed by atoms with van der Waals surface area (Å²) in [5.74, 6) is -0.273. The fraction of sp³-hybridized carbons (Fsp3) is 0.0833. The highest BCUT2D eigenvalue weighted by Gasteiger charge is 2.12. The molecular weight excluding hydrogens is 284 g/mol. The van der Waals surface area contributed by atoms with Crippen LogP contribution in [0, 0.1) is 6.92 Å². The molecule has 1 aromatic carbocycles. The quantitative estimate of drug-likeness (QED) is 0.907. The van der Waals surface area contributed by atoms with E-state index in [4.69, 9.17) is 5.14 Å². The van der Waals surface area contributed by atoms with Crippen LogP contribution in [0.25, 0.3) is 0 Å². The number of thiophene rings is 1. The van der Waals surface area contributed by atoms with Crippen LogP contribution in [0.15, 0.2) is 39.9 Å². The van der Waals surface area contributed by atoms with Gasteiger partial charge in [-0.15, -0.1) is 0 Å². The monoisotopic (exact) mass is 296 g/mol. The number of nitrogens with two attached hydrogens (primary N) is 1. The van der Waals surface area contributed by atoms with Gasteiger partial charge in [0.2, 0.25) is 10.0 Å². The second-order valence-electron chi connectivity index (χ2n) is 4.00. The molecule has 2 rings (SSSR count). The molecule has 3 N–H and O–H groups in total. The third kappa shape index (κ3) is 3.19. The molecule has 0 saturated carbocycles. The van der Waals surface area contributed by atoms with Gasteiger partial charge in [-0.1, -0.05) is 6.07 Å². The highest BCUT2D eigenvalue weighted by Crippen LogP contribution is 2.18. The largest absolute Gasteiger partial charge is 0.322 e. The standard InChI is InChI=1S/C12H12N2O3S2/c1-8-6-18-7-11(8)12(15)14-9-3-2-4-10(5-9)19(13,16)17/h2-7H,1H3,(H,14,15)(H2,13,16,17). The van der Waals surface area contributed by atoms with E-state index in [9.17, 15) is 13.2 Å². The average molecular weight is 296 g/mol. The molecule has 0 fully saturated rings. The summed E-state index contributed by atoms with van der Waals surface area (Å²) in [6, 6.07) is 5.83. The molecule has 1 heterocycles. The topological polar surface area (TPSA) is 89.3 Å². The van der Waals surface area contributed by atoms with Crippen molar-refractivity contribution in [2.45, 2.75) is 11.8 Å². The van der Waals surface area contributed by atoms with Crippen LogP contribution >= 0.6 is 11.3 Å². The van der Waals surface area contributed by atoms with Gasteiger partial charge in [0, 0.05) is 11.1 Å². The predicted molar refractivity (Wildman–Crippen MR) is 74.8 cm³/mol. The lowest BCUT2D eigenvalue weighted by Crippen LogP contribution is -2.15. The van der Waals surface area contributed by atoms with Gasteiger partial charge in [0.15, 0.2) is 0 Å². The Labute approximate surface area is 115 Å². The molecule has 2 aromatic rings. The number of aryl methyl sites for hydroxylation is 1. The van der Waals surface area contributed by atoms with E-state index in [0.717, 1.165) is 5.56 Å². The predicted octanol–water partition coefficient (Wildman–Crippen LogP) is 1.96. The fourth-order valence-corrected chi connectivity index (χ4v) is 2.93. The Morgan fingerprint density at radius 2 is 2.05 bits per heavy atom. The van der Waals surface area contributed by atoms with Crippen molar-refractivity contribution >= 4 is 33.0 Å². The first kappa shape index (κ1) is 13.7. The van der Waals surface area contributed by atoms with Gasteiger partial charge in [-0.05, 0) is 36.1 Å². The fourth-order valence-electron chi connectivity index (χ4n) is 1.54. The van der Waals surface area contributed by atoms with Crippen LogP contribution in [-0.4, -0.2) is 14.3 Å². The Hall–Kier alpha value is -1.70. The van der Waals surface area contributed by atoms with E-state index < -0.39 is 10.0 Å². The van der Waals surface area contributed by atoms with Crippen molar-refractivity contribution < 1.29 is 13.2 Å². The lowest BCUT2D eigenvalue weighted by molar-refractivity contribution is 0.102. The van der Waals surface area contributed by atoms with Crippen LogP contribution < -0.4 is 10.5 Å². The smallest absolute Gasteiger partial charge is 0.256 e. The molecule has 7 heteroatoms. The van der Waals surface area contributed by atoms with Crippen molar-refractivity contribution in [1.29, 1.82) is 0 Å².